The van der Waals surface area contributed by atoms with Crippen molar-refractivity contribution < 1.29 is 4.79 Å². The first-order valence-electron chi connectivity index (χ1n) is 4.36. The van der Waals surface area contributed by atoms with Crippen LogP contribution in [0.4, 0.5) is 5.69 Å². The van der Waals surface area contributed by atoms with Crippen molar-refractivity contribution in [1.82, 2.24) is 5.43 Å². The number of hydrazone groups is 1. The fourth-order valence-electron chi connectivity index (χ4n) is 1.11. The highest BCUT2D eigenvalue weighted by molar-refractivity contribution is 6.10. The summed E-state index contributed by atoms with van der Waals surface area (Å²) < 4.78 is 0. The lowest BCUT2D eigenvalue weighted by Gasteiger charge is -1.97. The highest BCUT2D eigenvalue weighted by Gasteiger charge is 2.27. The lowest BCUT2D eigenvalue weighted by atomic mass is 10.3. The Labute approximate surface area is 85.9 Å². The maximum atomic E-state index is 11.1. The van der Waals surface area contributed by atoms with Crippen molar-refractivity contribution in [3.05, 3.63) is 30.3 Å². The number of hydrogen-bond donors (Lipinski definition) is 2. The number of amidine groups is 1. The van der Waals surface area contributed by atoms with Gasteiger partial charge in [0.2, 0.25) is 6.04 Å². The smallest absolute Gasteiger partial charge is 0.274 e. The zero-order chi connectivity index (χ0) is 10.7. The van der Waals surface area contributed by atoms with Crippen LogP contribution < -0.4 is 11.2 Å². The number of carbonyl (C=O) groups excluding carboxylic acids is 1. The molecule has 2 rings (SSSR count). The molecule has 0 unspecified atom stereocenters. The Hall–Kier alpha value is -2.24. The molecule has 1 heterocycles. The van der Waals surface area contributed by atoms with Crippen molar-refractivity contribution in [2.45, 2.75) is 6.04 Å². The Morgan fingerprint density at radius 2 is 2.07 bits per heavy atom. The second kappa shape index (κ2) is 3.87. The van der Waals surface area contributed by atoms with Gasteiger partial charge >= 0.3 is 0 Å². The van der Waals surface area contributed by atoms with E-state index < -0.39 is 6.04 Å². The molecule has 0 saturated carbocycles. The highest BCUT2D eigenvalue weighted by Crippen LogP contribution is 2.12. The number of amides is 1. The van der Waals surface area contributed by atoms with Gasteiger partial charge in [-0.25, -0.2) is 5.43 Å². The van der Waals surface area contributed by atoms with Crippen molar-refractivity contribution in [3.63, 3.8) is 0 Å². The second-order valence-electron chi connectivity index (χ2n) is 2.97. The number of carbonyl (C=O) groups is 1. The number of nitrogens with zero attached hydrogens (tertiary/aromatic N) is 3. The van der Waals surface area contributed by atoms with Crippen LogP contribution in [0.15, 0.2) is 45.7 Å². The first-order valence-corrected chi connectivity index (χ1v) is 4.36. The van der Waals surface area contributed by atoms with Crippen LogP contribution >= 0.6 is 0 Å². The van der Waals surface area contributed by atoms with Gasteiger partial charge in [0.25, 0.3) is 5.91 Å². The second-order valence-corrected chi connectivity index (χ2v) is 2.97. The van der Waals surface area contributed by atoms with Crippen LogP contribution in [-0.4, -0.2) is 17.8 Å². The van der Waals surface area contributed by atoms with Crippen LogP contribution in [0.2, 0.25) is 0 Å². The fourth-order valence-corrected chi connectivity index (χ4v) is 1.11. The predicted octanol–water partition coefficient (Wildman–Crippen LogP) is 0.541. The molecular weight excluding hydrogens is 194 g/mol. The zero-order valence-corrected chi connectivity index (χ0v) is 7.79. The van der Waals surface area contributed by atoms with Crippen LogP contribution in [-0.2, 0) is 4.79 Å². The Balaban J connectivity index is 2.12. The Kier molecular flexibility index (Phi) is 2.40. The summed E-state index contributed by atoms with van der Waals surface area (Å²) in [6.07, 6.45) is 0. The van der Waals surface area contributed by atoms with E-state index in [0.717, 1.165) is 0 Å². The van der Waals surface area contributed by atoms with Gasteiger partial charge in [-0.1, -0.05) is 18.2 Å². The summed E-state index contributed by atoms with van der Waals surface area (Å²) in [5.41, 5.74) is 8.34. The summed E-state index contributed by atoms with van der Waals surface area (Å²) >= 11 is 0. The van der Waals surface area contributed by atoms with Crippen LogP contribution in [0.25, 0.3) is 0 Å². The van der Waals surface area contributed by atoms with Crippen LogP contribution in [0.5, 0.6) is 0 Å². The summed E-state index contributed by atoms with van der Waals surface area (Å²) in [5.74, 6) is -0.216. The maximum absolute atomic E-state index is 11.1. The topological polar surface area (TPSA) is 92.2 Å². The molecule has 1 aliphatic heterocycles. The number of azo groups is 1. The highest BCUT2D eigenvalue weighted by atomic mass is 16.2. The van der Waals surface area contributed by atoms with Crippen molar-refractivity contribution in [2.75, 3.05) is 0 Å². The van der Waals surface area contributed by atoms with Crippen molar-refractivity contribution in [3.8, 4) is 0 Å². The molecule has 0 spiro atoms. The molecule has 3 N–H and O–H groups in total. The van der Waals surface area contributed by atoms with Crippen LogP contribution in [0.1, 0.15) is 0 Å². The average Bonchev–Trinajstić information content (AvgIpc) is 2.58. The lowest BCUT2D eigenvalue weighted by Crippen LogP contribution is -2.31. The lowest BCUT2D eigenvalue weighted by molar-refractivity contribution is -0.120. The molecule has 1 aromatic rings. The fraction of sp³-hybridized carbons (Fsp3) is 0.111. The molecule has 0 aliphatic carbocycles. The standard InChI is InChI=1S/C9H9N5O/c10-8-7(9(15)14-13-8)12-11-6-4-2-1-3-5-6/h1-5,7H,(H2,10,13)(H,14,15)/t7-/m1/s1. The number of nitrogens with two attached hydrogens (primary N) is 1. The summed E-state index contributed by atoms with van der Waals surface area (Å²) in [5, 5.41) is 11.3. The van der Waals surface area contributed by atoms with Gasteiger partial charge in [-0.3, -0.25) is 4.79 Å². The minimum absolute atomic E-state index is 0.139. The van der Waals surface area contributed by atoms with E-state index in [2.05, 4.69) is 20.8 Å². The predicted molar refractivity (Wildman–Crippen MR) is 54.5 cm³/mol. The van der Waals surface area contributed by atoms with E-state index in [4.69, 9.17) is 5.73 Å². The average molecular weight is 203 g/mol. The van der Waals surface area contributed by atoms with Gasteiger partial charge in [-0.2, -0.15) is 15.3 Å². The molecule has 0 bridgehead atoms. The first kappa shape index (κ1) is 9.32. The molecule has 0 fully saturated rings. The molecule has 6 nitrogen and oxygen atoms in total. The molecule has 1 aromatic carbocycles. The molecule has 1 aliphatic rings. The van der Waals surface area contributed by atoms with Crippen molar-refractivity contribution in [1.29, 1.82) is 0 Å². The van der Waals surface area contributed by atoms with E-state index in [1.807, 2.05) is 18.2 Å². The SMILES string of the molecule is NC1=NNC(=O)[C@@H]1N=Nc1ccccc1. The first-order chi connectivity index (χ1) is 7.27. The summed E-state index contributed by atoms with van der Waals surface area (Å²) in [4.78, 5) is 11.1. The molecule has 0 saturated heterocycles. The van der Waals surface area contributed by atoms with Gasteiger partial charge in [0.05, 0.1) is 5.69 Å². The molecule has 0 radical (unpaired) electrons. The molecule has 0 aromatic heterocycles. The molecule has 6 heteroatoms. The van der Waals surface area contributed by atoms with Gasteiger partial charge in [-0.05, 0) is 12.1 Å². The summed E-state index contributed by atoms with van der Waals surface area (Å²) in [6, 6.07) is 8.30. The zero-order valence-electron chi connectivity index (χ0n) is 7.79. The van der Waals surface area contributed by atoms with E-state index in [0.29, 0.717) is 5.69 Å². The van der Waals surface area contributed by atoms with Crippen molar-refractivity contribution in [2.24, 2.45) is 21.1 Å². The molecule has 1 atom stereocenters. The Morgan fingerprint density at radius 3 is 2.67 bits per heavy atom. The van der Waals surface area contributed by atoms with Gasteiger partial charge in [0.15, 0.2) is 5.84 Å². The van der Waals surface area contributed by atoms with E-state index in [1.54, 1.807) is 12.1 Å². The number of nitrogens with one attached hydrogen (secondary N) is 1. The number of hydrogen-bond acceptors (Lipinski definition) is 5. The van der Waals surface area contributed by atoms with Gasteiger partial charge in [-0.15, -0.1) is 0 Å². The largest absolute Gasteiger partial charge is 0.383 e. The minimum Gasteiger partial charge on any atom is -0.383 e. The Bertz CT molecular complexity index is 425. The van der Waals surface area contributed by atoms with E-state index >= 15 is 0 Å². The quantitative estimate of drug-likeness (QED) is 0.686. The number of rotatable bonds is 2. The number of benzene rings is 1. The molecule has 15 heavy (non-hydrogen) atoms. The third kappa shape index (κ3) is 1.98. The van der Waals surface area contributed by atoms with E-state index in [9.17, 15) is 4.79 Å². The summed E-state index contributed by atoms with van der Waals surface area (Å²) in [6.45, 7) is 0. The molecule has 1 amide bonds. The van der Waals surface area contributed by atoms with Gasteiger partial charge in [0.1, 0.15) is 0 Å². The van der Waals surface area contributed by atoms with Gasteiger partial charge in [0, 0.05) is 0 Å². The van der Waals surface area contributed by atoms with Gasteiger partial charge < -0.3 is 5.73 Å². The molecular formula is C9H9N5O. The van der Waals surface area contributed by atoms with Crippen LogP contribution in [0, 0.1) is 0 Å². The third-order valence-electron chi connectivity index (χ3n) is 1.87. The third-order valence-corrected chi connectivity index (χ3v) is 1.87. The van der Waals surface area contributed by atoms with Crippen LogP contribution in [0.3, 0.4) is 0 Å². The minimum atomic E-state index is -0.801. The maximum Gasteiger partial charge on any atom is 0.274 e. The van der Waals surface area contributed by atoms with E-state index in [1.165, 1.54) is 0 Å². The monoisotopic (exact) mass is 203 g/mol. The molecule has 76 valence electrons. The summed E-state index contributed by atoms with van der Waals surface area (Å²) in [7, 11) is 0. The van der Waals surface area contributed by atoms with E-state index in [-0.39, 0.29) is 11.7 Å². The van der Waals surface area contributed by atoms with Crippen molar-refractivity contribution >= 4 is 17.4 Å². The Morgan fingerprint density at radius 1 is 1.33 bits per heavy atom. The normalized spacial score (nSPS) is 20.4.